The van der Waals surface area contributed by atoms with E-state index in [-0.39, 0.29) is 5.75 Å². The van der Waals surface area contributed by atoms with Crippen molar-refractivity contribution >= 4 is 68.2 Å². The van der Waals surface area contributed by atoms with E-state index in [2.05, 4.69) is 9.73 Å². The Labute approximate surface area is 237 Å². The lowest BCUT2D eigenvalue weighted by molar-refractivity contribution is -0.274. The van der Waals surface area contributed by atoms with Crippen LogP contribution in [0.5, 0.6) is 5.75 Å². The van der Waals surface area contributed by atoms with Gasteiger partial charge in [-0.1, -0.05) is 59.7 Å². The Hall–Kier alpha value is -3.46. The second-order valence-corrected chi connectivity index (χ2v) is 10.3. The normalized spacial score (nSPS) is 12.1. The summed E-state index contributed by atoms with van der Waals surface area (Å²) in [6.07, 6.45) is -2.49. The number of aryl methyl sites for hydroxylation is 1. The number of fused-ring (bicyclic) bond motifs is 3. The van der Waals surface area contributed by atoms with E-state index in [1.54, 1.807) is 48.3 Å². The number of aromatic nitrogens is 2. The first kappa shape index (κ1) is 27.1. The Morgan fingerprint density at radius 3 is 2.38 bits per heavy atom. The number of aliphatic imine (C=N–C) groups is 1. The van der Waals surface area contributed by atoms with Crippen LogP contribution in [0.4, 0.5) is 13.2 Å². The highest BCUT2D eigenvalue weighted by molar-refractivity contribution is 7.80. The SMILES string of the molecule is Cn1nc2c(ccc3cc(C=NCC(=S)Cc4c(Cl)cccc4Cl)ccc32)c1-c1ccc(OC(F)(F)F)cc1. The number of rotatable bonds is 7. The molecule has 0 N–H and O–H groups in total. The van der Waals surface area contributed by atoms with Crippen molar-refractivity contribution in [3.8, 4) is 17.0 Å². The van der Waals surface area contributed by atoms with Crippen molar-refractivity contribution in [2.24, 2.45) is 12.0 Å². The Kier molecular flexibility index (Phi) is 7.62. The van der Waals surface area contributed by atoms with Crippen LogP contribution in [0.2, 0.25) is 10.0 Å². The zero-order valence-corrected chi connectivity index (χ0v) is 22.8. The molecule has 0 fully saturated rings. The third kappa shape index (κ3) is 6.08. The maximum Gasteiger partial charge on any atom is 0.573 e. The predicted molar refractivity (Wildman–Crippen MR) is 156 cm³/mol. The van der Waals surface area contributed by atoms with Gasteiger partial charge in [-0.2, -0.15) is 5.10 Å². The van der Waals surface area contributed by atoms with Crippen LogP contribution in [-0.2, 0) is 13.5 Å². The summed E-state index contributed by atoms with van der Waals surface area (Å²) < 4.78 is 43.3. The number of hydrogen-bond acceptors (Lipinski definition) is 4. The van der Waals surface area contributed by atoms with Gasteiger partial charge in [-0.05, 0) is 65.0 Å². The zero-order chi connectivity index (χ0) is 27.7. The average Bonchev–Trinajstić information content (AvgIpc) is 3.22. The monoisotopic (exact) mass is 585 g/mol. The van der Waals surface area contributed by atoms with Crippen molar-refractivity contribution < 1.29 is 17.9 Å². The highest BCUT2D eigenvalue weighted by atomic mass is 35.5. The number of benzene rings is 4. The fourth-order valence-electron chi connectivity index (χ4n) is 4.45. The molecule has 5 rings (SSSR count). The molecule has 4 nitrogen and oxygen atoms in total. The summed E-state index contributed by atoms with van der Waals surface area (Å²) in [5, 5.41) is 8.69. The summed E-state index contributed by atoms with van der Waals surface area (Å²) >= 11 is 18.0. The highest BCUT2D eigenvalue weighted by Gasteiger charge is 2.31. The minimum atomic E-state index is -4.74. The van der Waals surface area contributed by atoms with Crippen LogP contribution >= 0.6 is 35.4 Å². The molecule has 198 valence electrons. The highest BCUT2D eigenvalue weighted by Crippen LogP contribution is 2.34. The van der Waals surface area contributed by atoms with Crippen molar-refractivity contribution in [2.45, 2.75) is 12.8 Å². The Morgan fingerprint density at radius 2 is 1.69 bits per heavy atom. The first-order valence-corrected chi connectivity index (χ1v) is 13.0. The lowest BCUT2D eigenvalue weighted by atomic mass is 10.0. The minimum absolute atomic E-state index is 0.272. The largest absolute Gasteiger partial charge is 0.573 e. The number of thiocarbonyl (C=S) groups is 1. The van der Waals surface area contributed by atoms with Gasteiger partial charge in [-0.15, -0.1) is 13.2 Å². The fourth-order valence-corrected chi connectivity index (χ4v) is 5.20. The molecular formula is C29H20Cl2F3N3OS. The molecule has 0 radical (unpaired) electrons. The fraction of sp³-hybridized carbons (Fsp3) is 0.138. The van der Waals surface area contributed by atoms with E-state index in [1.165, 1.54) is 12.1 Å². The lowest BCUT2D eigenvalue weighted by Crippen LogP contribution is -2.16. The van der Waals surface area contributed by atoms with Gasteiger partial charge < -0.3 is 4.74 Å². The number of nitrogens with zero attached hydrogens (tertiary/aromatic N) is 3. The van der Waals surface area contributed by atoms with Gasteiger partial charge >= 0.3 is 6.36 Å². The molecule has 0 amide bonds. The molecule has 5 aromatic rings. The third-order valence-corrected chi connectivity index (χ3v) is 7.13. The third-order valence-electron chi connectivity index (χ3n) is 6.15. The van der Waals surface area contributed by atoms with Crippen molar-refractivity contribution in [3.05, 3.63) is 94.0 Å². The molecular weight excluding hydrogens is 566 g/mol. The van der Waals surface area contributed by atoms with Gasteiger partial charge in [0, 0.05) is 50.9 Å². The molecule has 39 heavy (non-hydrogen) atoms. The molecule has 0 aliphatic rings. The molecule has 0 bridgehead atoms. The molecule has 0 saturated heterocycles. The second-order valence-electron chi connectivity index (χ2n) is 8.87. The minimum Gasteiger partial charge on any atom is -0.406 e. The van der Waals surface area contributed by atoms with Gasteiger partial charge in [-0.25, -0.2) is 0 Å². The van der Waals surface area contributed by atoms with Crippen molar-refractivity contribution in [2.75, 3.05) is 6.54 Å². The van der Waals surface area contributed by atoms with Crippen LogP contribution in [0.25, 0.3) is 32.9 Å². The van der Waals surface area contributed by atoms with Crippen molar-refractivity contribution in [1.29, 1.82) is 0 Å². The van der Waals surface area contributed by atoms with Gasteiger partial charge in [0.15, 0.2) is 0 Å². The maximum atomic E-state index is 12.5. The number of halogens is 5. The Morgan fingerprint density at radius 1 is 1.00 bits per heavy atom. The van der Waals surface area contributed by atoms with Crippen LogP contribution in [0.3, 0.4) is 0 Å². The van der Waals surface area contributed by atoms with E-state index in [0.717, 1.165) is 48.9 Å². The predicted octanol–water partition coefficient (Wildman–Crippen LogP) is 8.63. The number of hydrogen-bond donors (Lipinski definition) is 0. The van der Waals surface area contributed by atoms with Crippen LogP contribution in [0, 0.1) is 0 Å². The van der Waals surface area contributed by atoms with E-state index < -0.39 is 6.36 Å². The molecule has 0 saturated carbocycles. The number of alkyl halides is 3. The summed E-state index contributed by atoms with van der Waals surface area (Å²) in [4.78, 5) is 5.23. The molecule has 1 aromatic heterocycles. The quantitative estimate of drug-likeness (QED) is 0.142. The molecule has 4 aromatic carbocycles. The van der Waals surface area contributed by atoms with Crippen LogP contribution in [0.1, 0.15) is 11.1 Å². The van der Waals surface area contributed by atoms with Gasteiger partial charge in [0.25, 0.3) is 0 Å². The summed E-state index contributed by atoms with van der Waals surface area (Å²) in [6.45, 7) is 0.365. The van der Waals surface area contributed by atoms with E-state index in [0.29, 0.717) is 23.0 Å². The molecule has 10 heteroatoms. The Balaban J connectivity index is 1.36. The molecule has 0 aliphatic heterocycles. The molecule has 0 unspecified atom stereocenters. The first-order chi connectivity index (χ1) is 18.6. The molecule has 0 aliphatic carbocycles. The average molecular weight is 586 g/mol. The molecule has 0 atom stereocenters. The smallest absolute Gasteiger partial charge is 0.406 e. The zero-order valence-electron chi connectivity index (χ0n) is 20.5. The van der Waals surface area contributed by atoms with Gasteiger partial charge in [0.1, 0.15) is 11.3 Å². The molecule has 1 heterocycles. The standard InChI is InChI=1S/C29H20Cl2F3N3OS/c1-37-28(18-6-9-20(10-7-18)38-29(32,33)34)23-12-8-19-13-17(5-11-22(19)27(23)36-37)15-35-16-21(39)14-24-25(30)3-2-4-26(24)31/h2-13,15H,14,16H2,1H3. The van der Waals surface area contributed by atoms with E-state index in [4.69, 9.17) is 40.5 Å². The summed E-state index contributed by atoms with van der Waals surface area (Å²) in [6, 6.07) is 21.0. The molecule has 0 spiro atoms. The lowest BCUT2D eigenvalue weighted by Gasteiger charge is -2.09. The van der Waals surface area contributed by atoms with Crippen molar-refractivity contribution in [3.63, 3.8) is 0 Å². The summed E-state index contributed by atoms with van der Waals surface area (Å²) in [7, 11) is 1.81. The van der Waals surface area contributed by atoms with Crippen LogP contribution < -0.4 is 4.74 Å². The van der Waals surface area contributed by atoms with Gasteiger partial charge in [-0.3, -0.25) is 9.67 Å². The van der Waals surface area contributed by atoms with Crippen molar-refractivity contribution in [1.82, 2.24) is 9.78 Å². The van der Waals surface area contributed by atoms with Crippen LogP contribution in [0.15, 0.2) is 77.8 Å². The topological polar surface area (TPSA) is 39.4 Å². The summed E-state index contributed by atoms with van der Waals surface area (Å²) in [5.74, 6) is -0.272. The summed E-state index contributed by atoms with van der Waals surface area (Å²) in [5.41, 5.74) is 4.03. The number of ether oxygens (including phenoxy) is 1. The van der Waals surface area contributed by atoms with Gasteiger partial charge in [0.05, 0.1) is 12.2 Å². The first-order valence-electron chi connectivity index (χ1n) is 11.8. The maximum absolute atomic E-state index is 12.5. The van der Waals surface area contributed by atoms with Crippen LogP contribution in [-0.4, -0.2) is 33.8 Å². The van der Waals surface area contributed by atoms with E-state index in [9.17, 15) is 13.2 Å². The Bertz CT molecular complexity index is 1710. The van der Waals surface area contributed by atoms with E-state index >= 15 is 0 Å². The van der Waals surface area contributed by atoms with E-state index in [1.807, 2.05) is 30.3 Å². The van der Waals surface area contributed by atoms with Gasteiger partial charge in [0.2, 0.25) is 0 Å². The second kappa shape index (κ2) is 11.0.